The average molecular weight is 352 g/mol. The van der Waals surface area contributed by atoms with Crippen molar-refractivity contribution in [1.82, 2.24) is 9.97 Å². The number of rotatable bonds is 5. The smallest absolute Gasteiger partial charge is 0.329 e. The molecule has 0 amide bonds. The second kappa shape index (κ2) is 6.49. The highest BCUT2D eigenvalue weighted by atomic mass is 79.9. The summed E-state index contributed by atoms with van der Waals surface area (Å²) >= 11 is 3.43. The van der Waals surface area contributed by atoms with Crippen molar-refractivity contribution in [3.8, 4) is 0 Å². The lowest BCUT2D eigenvalue weighted by Gasteiger charge is -2.11. The first kappa shape index (κ1) is 15.2. The van der Waals surface area contributed by atoms with Crippen LogP contribution in [0.2, 0.25) is 0 Å². The highest BCUT2D eigenvalue weighted by Crippen LogP contribution is 2.30. The number of nitrogens with zero attached hydrogens (tertiary/aromatic N) is 3. The third-order valence-electron chi connectivity index (χ3n) is 2.82. The van der Waals surface area contributed by atoms with Crippen LogP contribution in [0.1, 0.15) is 12.5 Å². The molecule has 8 heteroatoms. The molecule has 7 nitrogen and oxygen atoms in total. The number of hydrogen-bond donors (Lipinski definition) is 2. The van der Waals surface area contributed by atoms with Crippen LogP contribution in [-0.2, 0) is 0 Å². The Hall–Kier alpha value is -2.22. The third-order valence-corrected chi connectivity index (χ3v) is 3.68. The number of anilines is 3. The number of nitro groups is 1. The Kier molecular flexibility index (Phi) is 4.69. The molecule has 0 fully saturated rings. The molecule has 0 unspecified atom stereocenters. The van der Waals surface area contributed by atoms with Crippen molar-refractivity contribution in [3.63, 3.8) is 0 Å². The van der Waals surface area contributed by atoms with E-state index >= 15 is 0 Å². The molecule has 1 heterocycles. The first-order valence-electron chi connectivity index (χ1n) is 6.30. The van der Waals surface area contributed by atoms with Crippen LogP contribution in [0.4, 0.5) is 23.1 Å². The molecule has 1 aromatic heterocycles. The molecule has 2 aromatic rings. The van der Waals surface area contributed by atoms with Gasteiger partial charge in [0.05, 0.1) is 4.92 Å². The van der Waals surface area contributed by atoms with Crippen molar-refractivity contribution >= 4 is 39.1 Å². The van der Waals surface area contributed by atoms with Crippen LogP contribution in [0.25, 0.3) is 0 Å². The maximum Gasteiger partial charge on any atom is 0.329 e. The second-order valence-corrected chi connectivity index (χ2v) is 5.11. The van der Waals surface area contributed by atoms with E-state index in [-0.39, 0.29) is 11.5 Å². The van der Waals surface area contributed by atoms with Gasteiger partial charge in [0.2, 0.25) is 11.8 Å². The molecule has 0 atom stereocenters. The van der Waals surface area contributed by atoms with Gasteiger partial charge in [-0.1, -0.05) is 22.0 Å². The zero-order chi connectivity index (χ0) is 15.4. The van der Waals surface area contributed by atoms with Gasteiger partial charge < -0.3 is 10.6 Å². The molecule has 0 radical (unpaired) electrons. The van der Waals surface area contributed by atoms with Gasteiger partial charge in [-0.25, -0.2) is 4.98 Å². The maximum absolute atomic E-state index is 11.1. The van der Waals surface area contributed by atoms with Gasteiger partial charge in [-0.3, -0.25) is 10.1 Å². The van der Waals surface area contributed by atoms with Crippen LogP contribution >= 0.6 is 15.9 Å². The molecule has 0 saturated carbocycles. The van der Waals surface area contributed by atoms with Crippen LogP contribution in [0.15, 0.2) is 28.9 Å². The highest BCUT2D eigenvalue weighted by molar-refractivity contribution is 9.10. The van der Waals surface area contributed by atoms with Crippen molar-refractivity contribution in [1.29, 1.82) is 0 Å². The Balaban J connectivity index is 2.43. The molecule has 0 saturated heterocycles. The maximum atomic E-state index is 11.1. The molecule has 0 spiro atoms. The minimum atomic E-state index is -0.509. The van der Waals surface area contributed by atoms with Gasteiger partial charge in [-0.2, -0.15) is 4.98 Å². The predicted octanol–water partition coefficient (Wildman–Crippen LogP) is 3.63. The quantitative estimate of drug-likeness (QED) is 0.631. The van der Waals surface area contributed by atoms with Gasteiger partial charge in [-0.15, -0.1) is 0 Å². The fraction of sp³-hybridized carbons (Fsp3) is 0.231. The first-order valence-corrected chi connectivity index (χ1v) is 7.09. The number of benzene rings is 1. The minimum absolute atomic E-state index is 0.159. The second-order valence-electron chi connectivity index (χ2n) is 4.25. The van der Waals surface area contributed by atoms with Crippen molar-refractivity contribution in [2.45, 2.75) is 13.8 Å². The molecule has 0 aliphatic carbocycles. The monoisotopic (exact) mass is 351 g/mol. The van der Waals surface area contributed by atoms with E-state index in [0.717, 1.165) is 15.7 Å². The van der Waals surface area contributed by atoms with E-state index in [1.165, 1.54) is 6.20 Å². The summed E-state index contributed by atoms with van der Waals surface area (Å²) in [7, 11) is 0. The highest BCUT2D eigenvalue weighted by Gasteiger charge is 2.18. The van der Waals surface area contributed by atoms with Crippen molar-refractivity contribution in [2.75, 3.05) is 17.2 Å². The lowest BCUT2D eigenvalue weighted by Crippen LogP contribution is -2.07. The van der Waals surface area contributed by atoms with Gasteiger partial charge in [0, 0.05) is 16.7 Å². The number of aromatic nitrogens is 2. The van der Waals surface area contributed by atoms with Crippen LogP contribution < -0.4 is 10.6 Å². The molecule has 2 rings (SSSR count). The Bertz CT molecular complexity index is 678. The Labute approximate surface area is 130 Å². The number of nitrogens with one attached hydrogen (secondary N) is 2. The zero-order valence-electron chi connectivity index (χ0n) is 11.6. The summed E-state index contributed by atoms with van der Waals surface area (Å²) in [5, 5.41) is 17.0. The van der Waals surface area contributed by atoms with Gasteiger partial charge in [0.15, 0.2) is 0 Å². The van der Waals surface area contributed by atoms with Crippen molar-refractivity contribution in [2.24, 2.45) is 0 Å². The fourth-order valence-electron chi connectivity index (χ4n) is 1.71. The largest absolute Gasteiger partial charge is 0.354 e. The topological polar surface area (TPSA) is 93.0 Å². The molecule has 110 valence electrons. The van der Waals surface area contributed by atoms with Gasteiger partial charge in [0.1, 0.15) is 6.20 Å². The molecular formula is C13H14BrN5O2. The van der Waals surface area contributed by atoms with Gasteiger partial charge in [-0.05, 0) is 31.5 Å². The lowest BCUT2D eigenvalue weighted by atomic mass is 10.2. The predicted molar refractivity (Wildman–Crippen MR) is 85.0 cm³/mol. The number of halogens is 1. The summed E-state index contributed by atoms with van der Waals surface area (Å²) in [5.74, 6) is 0.505. The minimum Gasteiger partial charge on any atom is -0.354 e. The average Bonchev–Trinajstić information content (AvgIpc) is 2.44. The van der Waals surface area contributed by atoms with E-state index in [1.54, 1.807) is 0 Å². The van der Waals surface area contributed by atoms with E-state index in [4.69, 9.17) is 0 Å². The summed E-state index contributed by atoms with van der Waals surface area (Å²) in [6.45, 7) is 4.44. The van der Waals surface area contributed by atoms with Crippen LogP contribution in [0, 0.1) is 17.0 Å². The molecule has 0 bridgehead atoms. The van der Waals surface area contributed by atoms with E-state index in [9.17, 15) is 10.1 Å². The molecule has 1 aromatic carbocycles. The molecule has 2 N–H and O–H groups in total. The fourth-order valence-corrected chi connectivity index (χ4v) is 2.08. The molecule has 0 aliphatic heterocycles. The van der Waals surface area contributed by atoms with Crippen LogP contribution in [0.3, 0.4) is 0 Å². The first-order chi connectivity index (χ1) is 10.0. The van der Waals surface area contributed by atoms with Gasteiger partial charge >= 0.3 is 5.69 Å². The Morgan fingerprint density at radius 3 is 2.86 bits per heavy atom. The molecule has 0 aliphatic rings. The van der Waals surface area contributed by atoms with Crippen LogP contribution in [0.5, 0.6) is 0 Å². The standard InChI is InChI=1S/C13H14BrN5O2/c1-3-15-13-16-7-11(19(20)21)12(18-13)17-10-6-4-5-9(14)8(10)2/h4-7H,3H2,1-2H3,(H2,15,16,17,18). The normalized spacial score (nSPS) is 10.2. The summed E-state index contributed by atoms with van der Waals surface area (Å²) in [6, 6.07) is 5.58. The third kappa shape index (κ3) is 3.46. The Morgan fingerprint density at radius 1 is 1.43 bits per heavy atom. The number of hydrogen-bond acceptors (Lipinski definition) is 6. The molecular weight excluding hydrogens is 338 g/mol. The summed E-state index contributed by atoms with van der Waals surface area (Å²) in [6.07, 6.45) is 1.20. The summed E-state index contributed by atoms with van der Waals surface area (Å²) in [5.41, 5.74) is 1.51. The van der Waals surface area contributed by atoms with E-state index in [2.05, 4.69) is 36.5 Å². The van der Waals surface area contributed by atoms with Crippen molar-refractivity contribution < 1.29 is 4.92 Å². The SMILES string of the molecule is CCNc1ncc([N+](=O)[O-])c(Nc2cccc(Br)c2C)n1. The van der Waals surface area contributed by atoms with Gasteiger partial charge in [0.25, 0.3) is 0 Å². The van der Waals surface area contributed by atoms with Crippen molar-refractivity contribution in [3.05, 3.63) is 44.5 Å². The summed E-state index contributed by atoms with van der Waals surface area (Å²) in [4.78, 5) is 18.7. The Morgan fingerprint density at radius 2 is 2.19 bits per heavy atom. The lowest BCUT2D eigenvalue weighted by molar-refractivity contribution is -0.384. The van der Waals surface area contributed by atoms with E-state index in [0.29, 0.717) is 12.5 Å². The van der Waals surface area contributed by atoms with E-state index in [1.807, 2.05) is 32.0 Å². The van der Waals surface area contributed by atoms with E-state index < -0.39 is 4.92 Å². The zero-order valence-corrected chi connectivity index (χ0v) is 13.1. The summed E-state index contributed by atoms with van der Waals surface area (Å²) < 4.78 is 0.913. The molecule has 21 heavy (non-hydrogen) atoms. The van der Waals surface area contributed by atoms with Crippen LogP contribution in [-0.4, -0.2) is 21.4 Å².